The summed E-state index contributed by atoms with van der Waals surface area (Å²) in [7, 11) is 0. The summed E-state index contributed by atoms with van der Waals surface area (Å²) < 4.78 is 4.54. The molecule has 0 saturated heterocycles. The molecule has 0 radical (unpaired) electrons. The molecular formula is C22H24NO5+. The number of carbonyl (C=O) groups is 2. The molecule has 6 heteroatoms. The topological polar surface area (TPSA) is 83.8 Å². The third kappa shape index (κ3) is 2.86. The first-order valence-corrected chi connectivity index (χ1v) is 9.09. The maximum absolute atomic E-state index is 12.7. The second kappa shape index (κ2) is 6.80. The van der Waals surface area contributed by atoms with Crippen LogP contribution in [0.5, 0.6) is 5.75 Å². The number of hydrogen-bond donors (Lipinski definition) is 2. The molecule has 0 fully saturated rings. The van der Waals surface area contributed by atoms with Crippen LogP contribution >= 0.6 is 0 Å². The molecule has 1 aliphatic heterocycles. The van der Waals surface area contributed by atoms with Crippen molar-refractivity contribution in [2.45, 2.75) is 33.2 Å². The molecule has 146 valence electrons. The summed E-state index contributed by atoms with van der Waals surface area (Å²) in [5.74, 6) is -0.467. The van der Waals surface area contributed by atoms with Crippen LogP contribution in [0.15, 0.2) is 48.2 Å². The Bertz CT molecular complexity index is 969. The molecule has 0 saturated carbocycles. The van der Waals surface area contributed by atoms with Crippen molar-refractivity contribution in [3.63, 3.8) is 0 Å². The van der Waals surface area contributed by atoms with Crippen molar-refractivity contribution in [2.24, 2.45) is 0 Å². The van der Waals surface area contributed by atoms with Crippen LogP contribution in [-0.4, -0.2) is 34.4 Å². The molecule has 0 aromatic heterocycles. The predicted molar refractivity (Wildman–Crippen MR) is 108 cm³/mol. The van der Waals surface area contributed by atoms with Gasteiger partial charge in [-0.2, -0.15) is 4.79 Å². The van der Waals surface area contributed by atoms with Crippen molar-refractivity contribution < 1.29 is 24.5 Å². The quantitative estimate of drug-likeness (QED) is 0.591. The second-order valence-corrected chi connectivity index (χ2v) is 7.69. The fourth-order valence-corrected chi connectivity index (χ4v) is 3.80. The zero-order chi connectivity index (χ0) is 20.7. The number of aromatic hydroxyl groups is 1. The average Bonchev–Trinajstić information content (AvgIpc) is 2.98. The molecular weight excluding hydrogens is 358 g/mol. The van der Waals surface area contributed by atoms with E-state index < -0.39 is 22.1 Å². The molecule has 2 N–H and O–H groups in total. The van der Waals surface area contributed by atoms with Crippen molar-refractivity contribution in [3.05, 3.63) is 53.7 Å². The number of fused-ring (bicyclic) bond motifs is 1. The summed E-state index contributed by atoms with van der Waals surface area (Å²) in [6.45, 7) is 7.22. The van der Waals surface area contributed by atoms with Gasteiger partial charge in [-0.3, -0.25) is 0 Å². The van der Waals surface area contributed by atoms with Crippen LogP contribution < -0.4 is 4.48 Å². The van der Waals surface area contributed by atoms with E-state index in [9.17, 15) is 19.8 Å². The lowest BCUT2D eigenvalue weighted by Gasteiger charge is -2.40. The first-order chi connectivity index (χ1) is 13.1. The van der Waals surface area contributed by atoms with Crippen LogP contribution in [0.1, 0.15) is 33.3 Å². The minimum atomic E-state index is -1.14. The fraction of sp³-hybridized carbons (Fsp3) is 0.273. The molecule has 28 heavy (non-hydrogen) atoms. The summed E-state index contributed by atoms with van der Waals surface area (Å²) in [5.41, 5.74) is 2.17. The number of benzene rings is 2. The summed E-state index contributed by atoms with van der Waals surface area (Å²) in [5, 5.41) is 19.7. The molecule has 3 rings (SSSR count). The number of phenolic OH excluding ortho intramolecular Hbond substituents is 1. The number of carboxylic acid groups (broad SMARTS) is 1. The van der Waals surface area contributed by atoms with Crippen molar-refractivity contribution in [1.82, 2.24) is 4.48 Å². The molecule has 1 heterocycles. The minimum absolute atomic E-state index is 0.0831. The number of rotatable bonds is 3. The molecule has 1 atom stereocenters. The third-order valence-corrected chi connectivity index (χ3v) is 5.02. The van der Waals surface area contributed by atoms with Crippen molar-refractivity contribution in [2.75, 3.05) is 6.61 Å². The highest BCUT2D eigenvalue weighted by atomic mass is 16.5. The Balaban J connectivity index is 2.23. The van der Waals surface area contributed by atoms with E-state index in [1.165, 1.54) is 0 Å². The molecule has 1 unspecified atom stereocenters. The van der Waals surface area contributed by atoms with E-state index in [2.05, 4.69) is 0 Å². The Morgan fingerprint density at radius 3 is 2.18 bits per heavy atom. The smallest absolute Gasteiger partial charge is 0.508 e. The Morgan fingerprint density at radius 1 is 1.04 bits per heavy atom. The lowest BCUT2D eigenvalue weighted by atomic mass is 9.98. The van der Waals surface area contributed by atoms with E-state index >= 15 is 0 Å². The van der Waals surface area contributed by atoms with E-state index in [1.807, 2.05) is 12.1 Å². The molecule has 0 bridgehead atoms. The Morgan fingerprint density at radius 2 is 1.64 bits per heavy atom. The summed E-state index contributed by atoms with van der Waals surface area (Å²) in [6, 6.07) is 12.2. The predicted octanol–water partition coefficient (Wildman–Crippen LogP) is 4.76. The molecule has 0 aliphatic carbocycles. The van der Waals surface area contributed by atoms with Crippen molar-refractivity contribution in [3.8, 4) is 16.9 Å². The highest BCUT2D eigenvalue weighted by Crippen LogP contribution is 2.48. The number of ether oxygens (including phenoxy) is 1. The molecule has 1 amide bonds. The SMILES string of the molecule is CCOC(=O)C1=Cc2cc(-c3ccc(O)cc3)ccc2[N+]1(C(=O)O)C(C)(C)C. The van der Waals surface area contributed by atoms with E-state index in [1.54, 1.807) is 64.1 Å². The van der Waals surface area contributed by atoms with Gasteiger partial charge in [0.15, 0.2) is 5.69 Å². The van der Waals surface area contributed by atoms with Crippen LogP contribution in [0.25, 0.3) is 17.2 Å². The van der Waals surface area contributed by atoms with Gasteiger partial charge in [-0.25, -0.2) is 4.79 Å². The zero-order valence-electron chi connectivity index (χ0n) is 16.4. The summed E-state index contributed by atoms with van der Waals surface area (Å²) in [4.78, 5) is 25.2. The number of amides is 1. The van der Waals surface area contributed by atoms with Crippen LogP contribution in [0.4, 0.5) is 10.5 Å². The zero-order valence-corrected chi connectivity index (χ0v) is 16.4. The molecule has 1 aliphatic rings. The van der Waals surface area contributed by atoms with Gasteiger partial charge in [0.1, 0.15) is 11.3 Å². The number of hydrogen-bond acceptors (Lipinski definition) is 4. The van der Waals surface area contributed by atoms with Gasteiger partial charge in [0.05, 0.1) is 6.61 Å². The van der Waals surface area contributed by atoms with E-state index in [0.29, 0.717) is 11.3 Å². The Labute approximate surface area is 163 Å². The first kappa shape index (κ1) is 19.6. The lowest BCUT2D eigenvalue weighted by Crippen LogP contribution is -2.64. The van der Waals surface area contributed by atoms with Crippen LogP contribution in [0.2, 0.25) is 0 Å². The van der Waals surface area contributed by atoms with E-state index in [0.717, 1.165) is 11.1 Å². The number of phenols is 1. The van der Waals surface area contributed by atoms with E-state index in [4.69, 9.17) is 4.74 Å². The fourth-order valence-electron chi connectivity index (χ4n) is 3.80. The van der Waals surface area contributed by atoms with Gasteiger partial charge in [-0.15, -0.1) is 4.48 Å². The first-order valence-electron chi connectivity index (χ1n) is 9.09. The summed E-state index contributed by atoms with van der Waals surface area (Å²) in [6.07, 6.45) is 0.472. The Hall–Kier alpha value is -3.12. The van der Waals surface area contributed by atoms with Crippen molar-refractivity contribution >= 4 is 23.8 Å². The molecule has 2 aromatic carbocycles. The lowest BCUT2D eigenvalue weighted by molar-refractivity contribution is -0.140. The van der Waals surface area contributed by atoms with Gasteiger partial charge in [-0.1, -0.05) is 12.1 Å². The number of quaternary nitrogens is 1. The van der Waals surface area contributed by atoms with Crippen LogP contribution in [-0.2, 0) is 9.53 Å². The maximum Gasteiger partial charge on any atom is 0.524 e. The Kier molecular flexibility index (Phi) is 4.77. The largest absolute Gasteiger partial charge is 0.524 e. The maximum atomic E-state index is 12.7. The minimum Gasteiger partial charge on any atom is -0.508 e. The van der Waals surface area contributed by atoms with Crippen LogP contribution in [0.3, 0.4) is 0 Å². The normalized spacial score (nSPS) is 18.4. The molecule has 2 aromatic rings. The standard InChI is InChI=1S/C22H23NO5/c1-5-28-20(25)19-13-16-12-15(14-6-9-17(24)10-7-14)8-11-18(16)23(19,21(26)27)22(2,3)4/h6-13H,5H2,1-4H3,(H-,24,26,27)/p+1. The van der Waals surface area contributed by atoms with Crippen LogP contribution in [0, 0.1) is 0 Å². The number of carbonyl (C=O) groups excluding carboxylic acids is 1. The third-order valence-electron chi connectivity index (χ3n) is 5.02. The number of esters is 1. The van der Waals surface area contributed by atoms with Gasteiger partial charge in [0.2, 0.25) is 5.70 Å². The summed E-state index contributed by atoms with van der Waals surface area (Å²) >= 11 is 0. The van der Waals surface area contributed by atoms with Gasteiger partial charge in [0.25, 0.3) is 0 Å². The molecule has 6 nitrogen and oxygen atoms in total. The highest BCUT2D eigenvalue weighted by molar-refractivity contribution is 6.09. The van der Waals surface area contributed by atoms with Gasteiger partial charge in [-0.05, 0) is 63.1 Å². The monoisotopic (exact) mass is 382 g/mol. The van der Waals surface area contributed by atoms with Crippen molar-refractivity contribution in [1.29, 1.82) is 0 Å². The average molecular weight is 382 g/mol. The highest BCUT2D eigenvalue weighted by Gasteiger charge is 2.60. The number of nitrogens with zero attached hydrogens (tertiary/aromatic N) is 1. The van der Waals surface area contributed by atoms with E-state index in [-0.39, 0.29) is 18.1 Å². The van der Waals surface area contributed by atoms with Gasteiger partial charge >= 0.3 is 12.1 Å². The second-order valence-electron chi connectivity index (χ2n) is 7.69. The molecule has 0 spiro atoms. The van der Waals surface area contributed by atoms with Gasteiger partial charge < -0.3 is 14.9 Å². The van der Waals surface area contributed by atoms with Gasteiger partial charge in [0, 0.05) is 17.7 Å².